The molecule has 1 aromatic carbocycles. The number of aromatic amines is 1. The zero-order chi connectivity index (χ0) is 32.4. The maximum atomic E-state index is 13.5. The van der Waals surface area contributed by atoms with Crippen molar-refractivity contribution in [2.75, 3.05) is 6.54 Å². The van der Waals surface area contributed by atoms with Crippen LogP contribution in [0.4, 0.5) is 26.7 Å². The van der Waals surface area contributed by atoms with Crippen molar-refractivity contribution in [3.05, 3.63) is 59.5 Å². The normalized spacial score (nSPS) is 22.5. The van der Waals surface area contributed by atoms with Crippen LogP contribution in [0.3, 0.4) is 0 Å². The summed E-state index contributed by atoms with van der Waals surface area (Å²) in [6.45, 7) is 0.458. The van der Waals surface area contributed by atoms with E-state index in [1.807, 2.05) is 36.4 Å². The van der Waals surface area contributed by atoms with Crippen LogP contribution in [0.5, 0.6) is 0 Å². The van der Waals surface area contributed by atoms with Crippen LogP contribution in [0.25, 0.3) is 11.2 Å². The van der Waals surface area contributed by atoms with Crippen molar-refractivity contribution < 1.29 is 46.5 Å². The monoisotopic (exact) mass is 639 g/mol. The number of hydrogen-bond donors (Lipinski definition) is 5. The Bertz CT molecular complexity index is 1470. The molecule has 5 N–H and O–H groups in total. The van der Waals surface area contributed by atoms with Gasteiger partial charge in [0, 0.05) is 6.42 Å². The van der Waals surface area contributed by atoms with Crippen molar-refractivity contribution in [3.63, 3.8) is 0 Å². The average Bonchev–Trinajstić information content (AvgIpc) is 3.95. The van der Waals surface area contributed by atoms with Gasteiger partial charge < -0.3 is 30.6 Å². The second-order valence-electron chi connectivity index (χ2n) is 11.8. The van der Waals surface area contributed by atoms with Gasteiger partial charge in [-0.25, -0.2) is 28.3 Å². The molecule has 2 aromatic heterocycles. The second-order valence-corrected chi connectivity index (χ2v) is 11.8. The Kier molecular flexibility index (Phi) is 9.58. The van der Waals surface area contributed by atoms with Crippen molar-refractivity contribution in [1.82, 2.24) is 25.6 Å². The van der Waals surface area contributed by atoms with Crippen LogP contribution in [0.2, 0.25) is 0 Å². The third-order valence-electron chi connectivity index (χ3n) is 8.40. The van der Waals surface area contributed by atoms with Crippen LogP contribution in [-0.4, -0.2) is 62.0 Å². The predicted octanol–water partition coefficient (Wildman–Crippen LogP) is 5.42. The van der Waals surface area contributed by atoms with Gasteiger partial charge in [0.2, 0.25) is 0 Å². The maximum Gasteiger partial charge on any atom is 0.490 e. The van der Waals surface area contributed by atoms with Gasteiger partial charge in [-0.1, -0.05) is 30.3 Å². The molecule has 1 amide bonds. The molecule has 0 radical (unpaired) electrons. The zero-order valence-electron chi connectivity index (χ0n) is 24.1. The molecule has 45 heavy (non-hydrogen) atoms. The van der Waals surface area contributed by atoms with Gasteiger partial charge in [-0.3, -0.25) is 0 Å². The Morgan fingerprint density at radius 1 is 1.04 bits per heavy atom. The zero-order valence-corrected chi connectivity index (χ0v) is 24.1. The van der Waals surface area contributed by atoms with E-state index in [0.717, 1.165) is 31.2 Å². The standard InChI is InChI=1S/C28H33F2N5O3.C2HF3O2/c29-26(30)28(37)12-13-31-21(14-28)19-10-11-20-24(32-19)35-25(33-20)23(22(17-6-7-17)18-8-9-18)34-27(36)38-15-16-4-2-1-3-5-16;3-2(4,5)1(6)7/h1-5,10-11,17-18,21-23,26,31,37H,6-9,12-15H2,(H,34,36)(H,32,33,35);(H,6,7)/t21-,23-,28+;/m0./s1. The lowest BCUT2D eigenvalue weighted by atomic mass is 9.86. The smallest absolute Gasteiger partial charge is 0.475 e. The third-order valence-corrected chi connectivity index (χ3v) is 8.40. The van der Waals surface area contributed by atoms with Crippen molar-refractivity contribution in [2.45, 2.75) is 75.4 Å². The van der Waals surface area contributed by atoms with E-state index in [9.17, 15) is 31.9 Å². The fourth-order valence-corrected chi connectivity index (χ4v) is 5.80. The minimum atomic E-state index is -5.08. The topological polar surface area (TPSA) is 149 Å². The molecule has 2 saturated carbocycles. The number of aliphatic hydroxyl groups is 1. The van der Waals surface area contributed by atoms with Crippen LogP contribution < -0.4 is 10.6 Å². The molecule has 6 rings (SSSR count). The number of carboxylic acid groups (broad SMARTS) is 1. The largest absolute Gasteiger partial charge is 0.490 e. The van der Waals surface area contributed by atoms with Gasteiger partial charge >= 0.3 is 18.2 Å². The molecular formula is C30H34F5N5O5. The number of carbonyl (C=O) groups is 2. The first-order chi connectivity index (χ1) is 21.3. The molecule has 3 aromatic rings. The van der Waals surface area contributed by atoms with Crippen molar-refractivity contribution in [3.8, 4) is 0 Å². The number of fused-ring (bicyclic) bond motifs is 1. The third kappa shape index (κ3) is 8.25. The Hall–Kier alpha value is -3.85. The Balaban J connectivity index is 0.000000515. The number of alkyl carbamates (subject to hydrolysis) is 1. The molecule has 244 valence electrons. The summed E-state index contributed by atoms with van der Waals surface area (Å²) in [5, 5.41) is 23.8. The van der Waals surface area contributed by atoms with Crippen molar-refractivity contribution >= 4 is 23.2 Å². The number of nitrogens with zero attached hydrogens (tertiary/aromatic N) is 2. The number of alkyl halides is 5. The van der Waals surface area contributed by atoms with Crippen LogP contribution in [-0.2, 0) is 16.1 Å². The number of rotatable bonds is 9. The lowest BCUT2D eigenvalue weighted by molar-refractivity contribution is -0.192. The number of piperidine rings is 1. The van der Waals surface area contributed by atoms with E-state index in [1.165, 1.54) is 0 Å². The number of imidazole rings is 1. The fourth-order valence-electron chi connectivity index (χ4n) is 5.80. The summed E-state index contributed by atoms with van der Waals surface area (Å²) in [5.41, 5.74) is 0.608. The summed E-state index contributed by atoms with van der Waals surface area (Å²) in [4.78, 5) is 34.6. The lowest BCUT2D eigenvalue weighted by Gasteiger charge is -2.36. The SMILES string of the molecule is O=C(N[C@H](c1nc2nc([C@@H]3C[C@@](O)(C(F)F)CCN3)ccc2[nH]1)C(C1CC1)C1CC1)OCc1ccccc1.O=C(O)C(F)(F)F. The molecular weight excluding hydrogens is 605 g/mol. The second kappa shape index (κ2) is 13.3. The van der Waals surface area contributed by atoms with E-state index < -0.39 is 36.3 Å². The van der Waals surface area contributed by atoms with Crippen LogP contribution >= 0.6 is 0 Å². The van der Waals surface area contributed by atoms with E-state index in [2.05, 4.69) is 20.6 Å². The Morgan fingerprint density at radius 2 is 1.69 bits per heavy atom. The summed E-state index contributed by atoms with van der Waals surface area (Å²) in [5.74, 6) is -0.784. The molecule has 10 nitrogen and oxygen atoms in total. The van der Waals surface area contributed by atoms with Crippen LogP contribution in [0.1, 0.15) is 67.7 Å². The van der Waals surface area contributed by atoms with Gasteiger partial charge in [-0.2, -0.15) is 13.2 Å². The average molecular weight is 640 g/mol. The van der Waals surface area contributed by atoms with Gasteiger partial charge in [-0.05, 0) is 74.1 Å². The summed E-state index contributed by atoms with van der Waals surface area (Å²) < 4.78 is 64.2. The number of pyridine rings is 1. The van der Waals surface area contributed by atoms with Gasteiger partial charge in [0.1, 0.15) is 18.0 Å². The highest BCUT2D eigenvalue weighted by Crippen LogP contribution is 2.54. The number of benzene rings is 1. The number of ether oxygens (including phenoxy) is 1. The highest BCUT2D eigenvalue weighted by Gasteiger charge is 2.48. The van der Waals surface area contributed by atoms with Crippen molar-refractivity contribution in [1.29, 1.82) is 0 Å². The molecule has 0 spiro atoms. The number of amides is 1. The molecule has 3 heterocycles. The Morgan fingerprint density at radius 3 is 2.27 bits per heavy atom. The van der Waals surface area contributed by atoms with Gasteiger partial charge in [0.15, 0.2) is 5.65 Å². The molecule has 0 bridgehead atoms. The number of H-pyrrole nitrogens is 1. The molecule has 0 unspecified atom stereocenters. The van der Waals surface area contributed by atoms with E-state index in [-0.39, 0.29) is 38.0 Å². The maximum absolute atomic E-state index is 13.5. The van der Waals surface area contributed by atoms with E-state index in [4.69, 9.17) is 19.6 Å². The summed E-state index contributed by atoms with van der Waals surface area (Å²) >= 11 is 0. The number of hydrogen-bond acceptors (Lipinski definition) is 7. The Labute approximate surface area is 254 Å². The predicted molar refractivity (Wildman–Crippen MR) is 150 cm³/mol. The van der Waals surface area contributed by atoms with Gasteiger partial charge in [0.05, 0.1) is 23.3 Å². The number of halogens is 5. The molecule has 1 saturated heterocycles. The molecule has 2 aliphatic carbocycles. The summed E-state index contributed by atoms with van der Waals surface area (Å²) in [6, 6.07) is 12.3. The summed E-state index contributed by atoms with van der Waals surface area (Å²) in [7, 11) is 0. The number of carboxylic acids is 1. The minimum Gasteiger partial charge on any atom is -0.475 e. The molecule has 3 aliphatic rings. The lowest BCUT2D eigenvalue weighted by Crippen LogP contribution is -2.48. The van der Waals surface area contributed by atoms with E-state index in [0.29, 0.717) is 34.5 Å². The van der Waals surface area contributed by atoms with Gasteiger partial charge in [0.25, 0.3) is 6.43 Å². The molecule has 3 atom stereocenters. The fraction of sp³-hybridized carbons (Fsp3) is 0.533. The molecule has 1 aliphatic heterocycles. The first-order valence-corrected chi connectivity index (χ1v) is 14.7. The summed E-state index contributed by atoms with van der Waals surface area (Å²) in [6.07, 6.45) is -3.96. The molecule has 3 fully saturated rings. The number of aliphatic carboxylic acids is 1. The van der Waals surface area contributed by atoms with E-state index >= 15 is 0 Å². The minimum absolute atomic E-state index is 0.00654. The number of nitrogens with one attached hydrogen (secondary N) is 3. The number of carbonyl (C=O) groups excluding carboxylic acids is 1. The van der Waals surface area contributed by atoms with Gasteiger partial charge in [-0.15, -0.1) is 0 Å². The van der Waals surface area contributed by atoms with Crippen LogP contribution in [0, 0.1) is 17.8 Å². The van der Waals surface area contributed by atoms with Crippen molar-refractivity contribution in [2.24, 2.45) is 17.8 Å². The van der Waals surface area contributed by atoms with Crippen LogP contribution in [0.15, 0.2) is 42.5 Å². The van der Waals surface area contributed by atoms with E-state index in [1.54, 1.807) is 6.07 Å². The first kappa shape index (κ1) is 32.5. The quantitative estimate of drug-likeness (QED) is 0.195. The highest BCUT2D eigenvalue weighted by atomic mass is 19.4. The molecule has 15 heteroatoms. The number of aromatic nitrogens is 3. The highest BCUT2D eigenvalue weighted by molar-refractivity contribution is 5.73. The first-order valence-electron chi connectivity index (χ1n) is 14.7.